The molecular weight excluding hydrogens is 456 g/mol. The van der Waals surface area contributed by atoms with Gasteiger partial charge in [0.05, 0.1) is 11.1 Å². The van der Waals surface area contributed by atoms with Crippen molar-refractivity contribution in [2.45, 2.75) is 37.1 Å². The van der Waals surface area contributed by atoms with Gasteiger partial charge in [-0.1, -0.05) is 72.6 Å². The normalized spacial score (nSPS) is 15.7. The lowest BCUT2D eigenvalue weighted by Gasteiger charge is -2.26. The summed E-state index contributed by atoms with van der Waals surface area (Å²) in [5, 5.41) is 3.21. The Morgan fingerprint density at radius 2 is 1.61 bits per heavy atom. The van der Waals surface area contributed by atoms with Crippen molar-refractivity contribution in [1.82, 2.24) is 9.62 Å². The highest BCUT2D eigenvalue weighted by atomic mass is 35.5. The first-order chi connectivity index (χ1) is 15.9. The molecular formula is C26H27ClN2O3S. The second-order valence-electron chi connectivity index (χ2n) is 8.28. The highest BCUT2D eigenvalue weighted by molar-refractivity contribution is 7.89. The number of amides is 1. The van der Waals surface area contributed by atoms with Crippen molar-refractivity contribution in [1.29, 1.82) is 0 Å². The number of benzene rings is 3. The Labute approximate surface area is 200 Å². The molecule has 1 heterocycles. The number of aryl methyl sites for hydroxylation is 1. The summed E-state index contributed by atoms with van der Waals surface area (Å²) in [7, 11) is -3.77. The van der Waals surface area contributed by atoms with Crippen molar-refractivity contribution in [3.8, 4) is 0 Å². The van der Waals surface area contributed by atoms with Crippen molar-refractivity contribution in [2.24, 2.45) is 0 Å². The van der Waals surface area contributed by atoms with Crippen LogP contribution in [0.25, 0.3) is 0 Å². The van der Waals surface area contributed by atoms with Crippen LogP contribution in [0.4, 0.5) is 0 Å². The maximum atomic E-state index is 13.3. The van der Waals surface area contributed by atoms with Gasteiger partial charge in [0, 0.05) is 18.7 Å². The van der Waals surface area contributed by atoms with E-state index in [0.717, 1.165) is 36.0 Å². The van der Waals surface area contributed by atoms with Gasteiger partial charge in [0.25, 0.3) is 5.91 Å². The molecule has 1 aliphatic rings. The minimum atomic E-state index is -3.77. The average Bonchev–Trinajstić information content (AvgIpc) is 2.84. The molecule has 5 nitrogen and oxygen atoms in total. The smallest absolute Gasteiger partial charge is 0.252 e. The van der Waals surface area contributed by atoms with Crippen LogP contribution in [0.15, 0.2) is 77.7 Å². The first kappa shape index (κ1) is 23.5. The molecule has 1 aliphatic heterocycles. The van der Waals surface area contributed by atoms with Crippen LogP contribution in [0.2, 0.25) is 5.02 Å². The Morgan fingerprint density at radius 3 is 2.30 bits per heavy atom. The largest absolute Gasteiger partial charge is 0.341 e. The van der Waals surface area contributed by atoms with Crippen molar-refractivity contribution < 1.29 is 13.2 Å². The van der Waals surface area contributed by atoms with E-state index in [1.54, 1.807) is 6.07 Å². The fraction of sp³-hybridized carbons (Fsp3) is 0.269. The predicted octanol–water partition coefficient (Wildman–Crippen LogP) is 5.34. The lowest BCUT2D eigenvalue weighted by atomic mass is 9.94. The molecule has 0 radical (unpaired) electrons. The molecule has 1 atom stereocenters. The van der Waals surface area contributed by atoms with Crippen LogP contribution >= 0.6 is 11.6 Å². The Morgan fingerprint density at radius 1 is 0.939 bits per heavy atom. The third-order valence-corrected chi connectivity index (χ3v) is 8.41. The second kappa shape index (κ2) is 10.1. The number of hydrogen-bond donors (Lipinski definition) is 1. The number of hydrogen-bond acceptors (Lipinski definition) is 3. The minimum absolute atomic E-state index is 0.0223. The topological polar surface area (TPSA) is 66.5 Å². The van der Waals surface area contributed by atoms with Crippen LogP contribution in [-0.2, 0) is 10.0 Å². The Kier molecular flexibility index (Phi) is 7.17. The van der Waals surface area contributed by atoms with E-state index in [-0.39, 0.29) is 27.4 Å². The van der Waals surface area contributed by atoms with Gasteiger partial charge in [-0.15, -0.1) is 0 Å². The fourth-order valence-corrected chi connectivity index (χ4v) is 6.22. The molecule has 7 heteroatoms. The van der Waals surface area contributed by atoms with E-state index in [1.807, 2.05) is 61.5 Å². The van der Waals surface area contributed by atoms with E-state index in [9.17, 15) is 13.2 Å². The summed E-state index contributed by atoms with van der Waals surface area (Å²) >= 11 is 6.29. The summed E-state index contributed by atoms with van der Waals surface area (Å²) in [4.78, 5) is 13.3. The van der Waals surface area contributed by atoms with Crippen LogP contribution in [0.1, 0.15) is 52.4 Å². The molecule has 1 amide bonds. The second-order valence-corrected chi connectivity index (χ2v) is 10.6. The maximum Gasteiger partial charge on any atom is 0.252 e. The van der Waals surface area contributed by atoms with E-state index in [4.69, 9.17) is 11.6 Å². The number of halogens is 1. The van der Waals surface area contributed by atoms with Gasteiger partial charge in [0.15, 0.2) is 0 Å². The van der Waals surface area contributed by atoms with Crippen LogP contribution in [0.3, 0.4) is 0 Å². The zero-order valence-corrected chi connectivity index (χ0v) is 20.1. The molecule has 172 valence electrons. The first-order valence-corrected chi connectivity index (χ1v) is 12.9. The molecule has 0 unspecified atom stereocenters. The van der Waals surface area contributed by atoms with Crippen LogP contribution in [0.5, 0.6) is 0 Å². The van der Waals surface area contributed by atoms with E-state index in [2.05, 4.69) is 5.32 Å². The molecule has 3 aromatic carbocycles. The van der Waals surface area contributed by atoms with Gasteiger partial charge in [0.2, 0.25) is 10.0 Å². The zero-order valence-electron chi connectivity index (χ0n) is 18.5. The molecule has 0 saturated carbocycles. The third kappa shape index (κ3) is 5.13. The van der Waals surface area contributed by atoms with Crippen LogP contribution in [0, 0.1) is 6.92 Å². The summed E-state index contributed by atoms with van der Waals surface area (Å²) in [5.41, 5.74) is 3.23. The van der Waals surface area contributed by atoms with E-state index in [1.165, 1.54) is 16.4 Å². The van der Waals surface area contributed by atoms with Gasteiger partial charge in [-0.3, -0.25) is 4.79 Å². The lowest BCUT2D eigenvalue weighted by Crippen LogP contribution is -2.36. The minimum Gasteiger partial charge on any atom is -0.341 e. The van der Waals surface area contributed by atoms with Crippen molar-refractivity contribution in [2.75, 3.05) is 13.1 Å². The first-order valence-electron chi connectivity index (χ1n) is 11.1. The molecule has 4 rings (SSSR count). The summed E-state index contributed by atoms with van der Waals surface area (Å²) in [5.74, 6) is -0.362. The van der Waals surface area contributed by atoms with Crippen LogP contribution in [-0.4, -0.2) is 31.7 Å². The van der Waals surface area contributed by atoms with Gasteiger partial charge >= 0.3 is 0 Å². The van der Waals surface area contributed by atoms with Gasteiger partial charge in [-0.2, -0.15) is 4.31 Å². The molecule has 0 spiro atoms. The van der Waals surface area contributed by atoms with Gasteiger partial charge in [-0.25, -0.2) is 8.42 Å². The molecule has 0 aromatic heterocycles. The number of sulfonamides is 1. The number of rotatable bonds is 6. The molecule has 1 saturated heterocycles. The molecule has 33 heavy (non-hydrogen) atoms. The summed E-state index contributed by atoms with van der Waals surface area (Å²) in [6, 6.07) is 21.7. The number of carbonyl (C=O) groups excluding carboxylic acids is 1. The summed E-state index contributed by atoms with van der Waals surface area (Å²) in [6.07, 6.45) is 2.67. The van der Waals surface area contributed by atoms with Crippen LogP contribution < -0.4 is 5.32 Å². The monoisotopic (exact) mass is 482 g/mol. The Bertz CT molecular complexity index is 1240. The fourth-order valence-electron chi connectivity index (χ4n) is 4.20. The molecule has 0 aliphatic carbocycles. The highest BCUT2D eigenvalue weighted by Crippen LogP contribution is 2.29. The van der Waals surface area contributed by atoms with Crippen molar-refractivity contribution >= 4 is 27.5 Å². The SMILES string of the molecule is Cc1ccccc1[C@@H](NC(=O)c1ccc(Cl)c(S(=O)(=O)N2CCCCC2)c1)c1ccccc1. The lowest BCUT2D eigenvalue weighted by molar-refractivity contribution is 0.0942. The molecule has 1 N–H and O–H groups in total. The molecule has 1 fully saturated rings. The van der Waals surface area contributed by atoms with Gasteiger partial charge in [0.1, 0.15) is 4.90 Å². The Balaban J connectivity index is 1.67. The number of nitrogens with zero attached hydrogens (tertiary/aromatic N) is 1. The van der Waals surface area contributed by atoms with E-state index in [0.29, 0.717) is 13.1 Å². The maximum absolute atomic E-state index is 13.3. The highest BCUT2D eigenvalue weighted by Gasteiger charge is 2.29. The van der Waals surface area contributed by atoms with Crippen molar-refractivity contribution in [3.05, 3.63) is 100 Å². The molecule has 3 aromatic rings. The third-order valence-electron chi connectivity index (χ3n) is 6.03. The standard InChI is InChI=1S/C26H27ClN2O3S/c1-19-10-6-7-13-22(19)25(20-11-4-2-5-12-20)28-26(30)21-14-15-23(27)24(18-21)33(31,32)29-16-8-3-9-17-29/h2,4-7,10-15,18,25H,3,8-9,16-17H2,1H3,(H,28,30)/t25-/m0/s1. The summed E-state index contributed by atoms with van der Waals surface area (Å²) < 4.78 is 27.9. The Hall–Kier alpha value is -2.67. The number of nitrogens with one attached hydrogen (secondary N) is 1. The number of piperidine rings is 1. The zero-order chi connectivity index (χ0) is 23.4. The van der Waals surface area contributed by atoms with Gasteiger partial charge in [-0.05, 0) is 54.7 Å². The van der Waals surface area contributed by atoms with E-state index >= 15 is 0 Å². The quantitative estimate of drug-likeness (QED) is 0.515. The summed E-state index contributed by atoms with van der Waals surface area (Å²) in [6.45, 7) is 2.94. The molecule has 0 bridgehead atoms. The average molecular weight is 483 g/mol. The van der Waals surface area contributed by atoms with E-state index < -0.39 is 10.0 Å². The van der Waals surface area contributed by atoms with Crippen molar-refractivity contribution in [3.63, 3.8) is 0 Å². The van der Waals surface area contributed by atoms with Gasteiger partial charge < -0.3 is 5.32 Å². The predicted molar refractivity (Wildman–Crippen MR) is 131 cm³/mol. The number of carbonyl (C=O) groups is 1.